The third kappa shape index (κ3) is 2.93. The van der Waals surface area contributed by atoms with Crippen molar-refractivity contribution < 1.29 is 0 Å². The van der Waals surface area contributed by atoms with Gasteiger partial charge in [-0.05, 0) is 31.0 Å². The van der Waals surface area contributed by atoms with Crippen molar-refractivity contribution >= 4 is 27.6 Å². The Labute approximate surface area is 116 Å². The minimum atomic E-state index is 0.907. The molecule has 0 unspecified atom stereocenters. The Bertz CT molecular complexity index is 520. The third-order valence-electron chi connectivity index (χ3n) is 2.98. The van der Waals surface area contributed by atoms with E-state index in [1.165, 1.54) is 18.4 Å². The number of halogens is 1. The molecule has 0 fully saturated rings. The van der Waals surface area contributed by atoms with Gasteiger partial charge in [-0.25, -0.2) is 4.98 Å². The molecule has 1 aromatic carbocycles. The number of imidazole rings is 1. The molecule has 4 heteroatoms. The van der Waals surface area contributed by atoms with E-state index in [0.717, 1.165) is 22.7 Å². The van der Waals surface area contributed by atoms with Crippen LogP contribution in [0, 0.1) is 6.92 Å². The van der Waals surface area contributed by atoms with Crippen LogP contribution < -0.4 is 5.32 Å². The zero-order chi connectivity index (χ0) is 13.0. The first-order valence-electron chi connectivity index (χ1n) is 6.25. The number of anilines is 2. The maximum absolute atomic E-state index is 4.37. The molecule has 0 saturated carbocycles. The maximum atomic E-state index is 4.37. The highest BCUT2D eigenvalue weighted by Crippen LogP contribution is 2.25. The standard InChI is InChI=1S/C14H18BrN3/c1-3-4-9-18-10-8-16-14(18)17-13-7-5-6-12(15)11(13)2/h5-8,10H,3-4,9H2,1-2H3,(H,16,17). The summed E-state index contributed by atoms with van der Waals surface area (Å²) < 4.78 is 3.27. The average Bonchev–Trinajstić information content (AvgIpc) is 2.80. The molecule has 1 aromatic heterocycles. The van der Waals surface area contributed by atoms with Crippen molar-refractivity contribution in [3.05, 3.63) is 40.6 Å². The van der Waals surface area contributed by atoms with Crippen LogP contribution in [0.4, 0.5) is 11.6 Å². The highest BCUT2D eigenvalue weighted by Gasteiger charge is 2.06. The van der Waals surface area contributed by atoms with Crippen LogP contribution in [-0.4, -0.2) is 9.55 Å². The van der Waals surface area contributed by atoms with Gasteiger partial charge in [0.25, 0.3) is 0 Å². The molecule has 0 aliphatic rings. The van der Waals surface area contributed by atoms with Gasteiger partial charge in [-0.3, -0.25) is 0 Å². The van der Waals surface area contributed by atoms with Crippen molar-refractivity contribution in [3.8, 4) is 0 Å². The number of nitrogens with zero attached hydrogens (tertiary/aromatic N) is 2. The molecular weight excluding hydrogens is 290 g/mol. The van der Waals surface area contributed by atoms with Crippen LogP contribution in [0.25, 0.3) is 0 Å². The first kappa shape index (κ1) is 13.1. The SMILES string of the molecule is CCCCn1ccnc1Nc1cccc(Br)c1C. The van der Waals surface area contributed by atoms with Crippen LogP contribution in [0.1, 0.15) is 25.3 Å². The molecule has 0 radical (unpaired) electrons. The molecule has 1 heterocycles. The number of nitrogens with one attached hydrogen (secondary N) is 1. The normalized spacial score (nSPS) is 10.6. The van der Waals surface area contributed by atoms with E-state index in [2.05, 4.69) is 50.7 Å². The first-order chi connectivity index (χ1) is 8.72. The predicted molar refractivity (Wildman–Crippen MR) is 79.3 cm³/mol. The Morgan fingerprint density at radius 2 is 2.22 bits per heavy atom. The summed E-state index contributed by atoms with van der Waals surface area (Å²) in [5.74, 6) is 0.907. The minimum Gasteiger partial charge on any atom is -0.325 e. The van der Waals surface area contributed by atoms with Crippen LogP contribution in [0.3, 0.4) is 0 Å². The number of unbranched alkanes of at least 4 members (excludes halogenated alkanes) is 1. The van der Waals surface area contributed by atoms with Gasteiger partial charge in [-0.1, -0.05) is 35.3 Å². The maximum Gasteiger partial charge on any atom is 0.207 e. The summed E-state index contributed by atoms with van der Waals surface area (Å²) in [4.78, 5) is 4.37. The van der Waals surface area contributed by atoms with E-state index in [4.69, 9.17) is 0 Å². The smallest absolute Gasteiger partial charge is 0.207 e. The fraction of sp³-hybridized carbons (Fsp3) is 0.357. The highest BCUT2D eigenvalue weighted by atomic mass is 79.9. The van der Waals surface area contributed by atoms with Gasteiger partial charge in [-0.15, -0.1) is 0 Å². The Hall–Kier alpha value is -1.29. The van der Waals surface area contributed by atoms with E-state index in [1.807, 2.05) is 24.5 Å². The predicted octanol–water partition coefficient (Wildman–Crippen LogP) is 4.50. The van der Waals surface area contributed by atoms with Gasteiger partial charge < -0.3 is 9.88 Å². The zero-order valence-corrected chi connectivity index (χ0v) is 12.4. The van der Waals surface area contributed by atoms with Crippen molar-refractivity contribution in [2.24, 2.45) is 0 Å². The van der Waals surface area contributed by atoms with Gasteiger partial charge in [0.1, 0.15) is 0 Å². The number of hydrogen-bond acceptors (Lipinski definition) is 2. The van der Waals surface area contributed by atoms with E-state index in [0.29, 0.717) is 0 Å². The van der Waals surface area contributed by atoms with Gasteiger partial charge in [0.15, 0.2) is 0 Å². The van der Waals surface area contributed by atoms with Crippen molar-refractivity contribution in [2.45, 2.75) is 33.2 Å². The monoisotopic (exact) mass is 307 g/mol. The second kappa shape index (κ2) is 6.05. The summed E-state index contributed by atoms with van der Waals surface area (Å²) in [6.45, 7) is 5.29. The van der Waals surface area contributed by atoms with Crippen LogP contribution in [-0.2, 0) is 6.54 Å². The molecule has 0 spiro atoms. The lowest BCUT2D eigenvalue weighted by Crippen LogP contribution is -2.04. The topological polar surface area (TPSA) is 29.9 Å². The lowest BCUT2D eigenvalue weighted by Gasteiger charge is -2.12. The molecule has 0 atom stereocenters. The molecule has 0 amide bonds. The van der Waals surface area contributed by atoms with Crippen LogP contribution >= 0.6 is 15.9 Å². The summed E-state index contributed by atoms with van der Waals surface area (Å²) in [7, 11) is 0. The molecule has 1 N–H and O–H groups in total. The quantitative estimate of drug-likeness (QED) is 0.881. The van der Waals surface area contributed by atoms with E-state index in [9.17, 15) is 0 Å². The second-order valence-corrected chi connectivity index (χ2v) is 5.19. The van der Waals surface area contributed by atoms with Gasteiger partial charge in [0.2, 0.25) is 5.95 Å². The summed E-state index contributed by atoms with van der Waals surface area (Å²) in [5, 5.41) is 3.39. The lowest BCUT2D eigenvalue weighted by molar-refractivity contribution is 0.638. The van der Waals surface area contributed by atoms with Gasteiger partial charge in [0, 0.05) is 29.1 Å². The van der Waals surface area contributed by atoms with E-state index in [1.54, 1.807) is 0 Å². The fourth-order valence-electron chi connectivity index (χ4n) is 1.81. The number of aryl methyl sites for hydroxylation is 1. The molecule has 0 saturated heterocycles. The molecule has 18 heavy (non-hydrogen) atoms. The molecular formula is C14H18BrN3. The Morgan fingerprint density at radius 3 is 3.00 bits per heavy atom. The summed E-state index contributed by atoms with van der Waals surface area (Å²) in [6, 6.07) is 6.14. The number of benzene rings is 1. The first-order valence-corrected chi connectivity index (χ1v) is 7.05. The van der Waals surface area contributed by atoms with Crippen molar-refractivity contribution in [1.82, 2.24) is 9.55 Å². The molecule has 0 aliphatic heterocycles. The second-order valence-electron chi connectivity index (χ2n) is 4.34. The lowest BCUT2D eigenvalue weighted by atomic mass is 10.2. The van der Waals surface area contributed by atoms with Crippen molar-refractivity contribution in [1.29, 1.82) is 0 Å². The van der Waals surface area contributed by atoms with E-state index >= 15 is 0 Å². The molecule has 3 nitrogen and oxygen atoms in total. The molecule has 0 aliphatic carbocycles. The van der Waals surface area contributed by atoms with Crippen molar-refractivity contribution in [2.75, 3.05) is 5.32 Å². The van der Waals surface area contributed by atoms with E-state index < -0.39 is 0 Å². The Kier molecular flexibility index (Phi) is 4.42. The van der Waals surface area contributed by atoms with Gasteiger partial charge in [-0.2, -0.15) is 0 Å². The molecule has 0 bridgehead atoms. The number of aromatic nitrogens is 2. The highest BCUT2D eigenvalue weighted by molar-refractivity contribution is 9.10. The minimum absolute atomic E-state index is 0.907. The van der Waals surface area contributed by atoms with Gasteiger partial charge >= 0.3 is 0 Å². The van der Waals surface area contributed by atoms with Crippen LogP contribution in [0.15, 0.2) is 35.1 Å². The number of rotatable bonds is 5. The summed E-state index contributed by atoms with van der Waals surface area (Å²) in [6.07, 6.45) is 6.21. The average molecular weight is 308 g/mol. The van der Waals surface area contributed by atoms with Crippen LogP contribution in [0.5, 0.6) is 0 Å². The Balaban J connectivity index is 2.18. The van der Waals surface area contributed by atoms with E-state index in [-0.39, 0.29) is 0 Å². The fourth-order valence-corrected chi connectivity index (χ4v) is 2.17. The summed E-state index contributed by atoms with van der Waals surface area (Å²) in [5.41, 5.74) is 2.29. The number of hydrogen-bond donors (Lipinski definition) is 1. The summed E-state index contributed by atoms with van der Waals surface area (Å²) >= 11 is 3.54. The zero-order valence-electron chi connectivity index (χ0n) is 10.8. The largest absolute Gasteiger partial charge is 0.325 e. The van der Waals surface area contributed by atoms with Crippen molar-refractivity contribution in [3.63, 3.8) is 0 Å². The molecule has 2 rings (SSSR count). The molecule has 96 valence electrons. The Morgan fingerprint density at radius 1 is 1.39 bits per heavy atom. The van der Waals surface area contributed by atoms with Gasteiger partial charge in [0.05, 0.1) is 0 Å². The molecule has 2 aromatic rings. The van der Waals surface area contributed by atoms with Crippen LogP contribution in [0.2, 0.25) is 0 Å². The third-order valence-corrected chi connectivity index (χ3v) is 3.84.